The van der Waals surface area contributed by atoms with Crippen LogP contribution in [-0.2, 0) is 39.3 Å². The van der Waals surface area contributed by atoms with E-state index >= 15 is 0 Å². The maximum absolute atomic E-state index is 14.3. The van der Waals surface area contributed by atoms with Crippen LogP contribution in [0.2, 0.25) is 0 Å². The highest BCUT2D eigenvalue weighted by Crippen LogP contribution is 2.39. The number of benzene rings is 3. The monoisotopic (exact) mass is 616 g/mol. The third kappa shape index (κ3) is 5.96. The van der Waals surface area contributed by atoms with E-state index in [2.05, 4.69) is 10.3 Å². The fourth-order valence-corrected chi connectivity index (χ4v) is 7.15. The van der Waals surface area contributed by atoms with Crippen LogP contribution in [0.5, 0.6) is 5.75 Å². The summed E-state index contributed by atoms with van der Waals surface area (Å²) in [6.07, 6.45) is -5.52. The molecule has 0 saturated heterocycles. The van der Waals surface area contributed by atoms with Crippen molar-refractivity contribution in [2.75, 3.05) is 13.2 Å². The molecule has 0 aliphatic carbocycles. The number of nitrogens with zero attached hydrogens (tertiary/aromatic N) is 4. The van der Waals surface area contributed by atoms with Gasteiger partial charge in [0.1, 0.15) is 22.3 Å². The highest BCUT2D eigenvalue weighted by molar-refractivity contribution is 7.89. The van der Waals surface area contributed by atoms with Crippen LogP contribution in [0.4, 0.5) is 13.2 Å². The molecule has 0 fully saturated rings. The average molecular weight is 617 g/mol. The summed E-state index contributed by atoms with van der Waals surface area (Å²) in [5, 5.41) is 8.28. The molecule has 0 amide bonds. The summed E-state index contributed by atoms with van der Waals surface area (Å²) < 4.78 is 83.9. The van der Waals surface area contributed by atoms with Gasteiger partial charge in [0.25, 0.3) is 0 Å². The molecule has 43 heavy (non-hydrogen) atoms. The lowest BCUT2D eigenvalue weighted by Gasteiger charge is -2.25. The van der Waals surface area contributed by atoms with Gasteiger partial charge < -0.3 is 9.47 Å². The minimum absolute atomic E-state index is 0.114. The Balaban J connectivity index is 1.63. The molecule has 228 valence electrons. The first-order valence-electron chi connectivity index (χ1n) is 13.7. The van der Waals surface area contributed by atoms with Gasteiger partial charge in [0.05, 0.1) is 30.7 Å². The van der Waals surface area contributed by atoms with Crippen LogP contribution in [0.15, 0.2) is 59.5 Å². The number of alkyl halides is 3. The Kier molecular flexibility index (Phi) is 8.23. The fraction of sp³-hybridized carbons (Fsp3) is 0.367. The van der Waals surface area contributed by atoms with Gasteiger partial charge in [0, 0.05) is 19.5 Å². The average Bonchev–Trinajstić information content (AvgIpc) is 3.28. The van der Waals surface area contributed by atoms with Gasteiger partial charge in [-0.3, -0.25) is 4.79 Å². The number of aryl methyl sites for hydroxylation is 2. The molecule has 1 unspecified atom stereocenters. The normalized spacial score (nSPS) is 17.6. The molecule has 5 rings (SSSR count). The van der Waals surface area contributed by atoms with E-state index in [0.717, 1.165) is 21.5 Å². The molecule has 0 radical (unpaired) electrons. The van der Waals surface area contributed by atoms with Crippen molar-refractivity contribution in [3.8, 4) is 5.75 Å². The maximum atomic E-state index is 14.3. The van der Waals surface area contributed by atoms with E-state index in [1.54, 1.807) is 43.8 Å². The predicted octanol–water partition coefficient (Wildman–Crippen LogP) is 5.35. The second-order valence-corrected chi connectivity index (χ2v) is 12.4. The molecule has 1 aromatic heterocycles. The summed E-state index contributed by atoms with van der Waals surface area (Å²) in [5.74, 6) is -1.08. The van der Waals surface area contributed by atoms with E-state index in [0.29, 0.717) is 16.6 Å². The van der Waals surface area contributed by atoms with Gasteiger partial charge in [-0.1, -0.05) is 35.5 Å². The highest BCUT2D eigenvalue weighted by atomic mass is 32.2. The lowest BCUT2D eigenvalue weighted by atomic mass is 9.84. The molecule has 2 heterocycles. The number of rotatable bonds is 7. The number of carbonyl (C=O) groups excluding carboxylic acids is 1. The molecular formula is C30H31F3N4O5S. The number of hydrogen-bond donors (Lipinski definition) is 0. The first kappa shape index (κ1) is 30.5. The number of hydrogen-bond acceptors (Lipinski definition) is 7. The fourth-order valence-electron chi connectivity index (χ4n) is 5.54. The summed E-state index contributed by atoms with van der Waals surface area (Å²) in [4.78, 5) is 12.6. The molecule has 13 heteroatoms. The van der Waals surface area contributed by atoms with Crippen molar-refractivity contribution >= 4 is 27.0 Å². The molecule has 1 aliphatic rings. The van der Waals surface area contributed by atoms with Gasteiger partial charge in [0.15, 0.2) is 0 Å². The van der Waals surface area contributed by atoms with Crippen molar-refractivity contribution in [2.45, 2.75) is 56.8 Å². The molecule has 0 spiro atoms. The molecule has 0 N–H and O–H groups in total. The molecular weight excluding hydrogens is 585 g/mol. The Labute approximate surface area is 247 Å². The zero-order valence-corrected chi connectivity index (χ0v) is 24.9. The van der Waals surface area contributed by atoms with Crippen LogP contribution in [0, 0.1) is 6.92 Å². The molecule has 9 nitrogen and oxygen atoms in total. The van der Waals surface area contributed by atoms with Crippen LogP contribution in [-0.4, -0.2) is 52.9 Å². The van der Waals surface area contributed by atoms with Gasteiger partial charge in [-0.2, -0.15) is 17.5 Å². The Bertz CT molecular complexity index is 1790. The number of ether oxygens (including phenoxy) is 2. The molecule has 0 saturated carbocycles. The van der Waals surface area contributed by atoms with E-state index in [1.165, 1.54) is 30.3 Å². The third-order valence-corrected chi connectivity index (χ3v) is 9.42. The van der Waals surface area contributed by atoms with E-state index < -0.39 is 46.3 Å². The van der Waals surface area contributed by atoms with Crippen LogP contribution in [0.25, 0.3) is 11.0 Å². The van der Waals surface area contributed by atoms with Crippen LogP contribution >= 0.6 is 0 Å². The van der Waals surface area contributed by atoms with E-state index in [4.69, 9.17) is 9.47 Å². The van der Waals surface area contributed by atoms with Gasteiger partial charge in [-0.25, -0.2) is 13.1 Å². The van der Waals surface area contributed by atoms with Gasteiger partial charge in [-0.05, 0) is 67.3 Å². The number of esters is 1. The number of halogens is 3. The lowest BCUT2D eigenvalue weighted by Crippen LogP contribution is -2.36. The zero-order valence-electron chi connectivity index (χ0n) is 24.1. The van der Waals surface area contributed by atoms with Crippen molar-refractivity contribution in [3.63, 3.8) is 0 Å². The second kappa shape index (κ2) is 11.6. The SMILES string of the molecule is CCOC(=O)CC(c1ccc(C(F)(F)F)c(CN2C[C@@H](C)Oc3ccccc3S2(=O)=O)c1)c1ccc2c(nnn2C)c1C. The van der Waals surface area contributed by atoms with Crippen LogP contribution in [0.3, 0.4) is 0 Å². The van der Waals surface area contributed by atoms with Crippen LogP contribution < -0.4 is 4.74 Å². The number of aromatic nitrogens is 3. The van der Waals surface area contributed by atoms with Gasteiger partial charge in [0.2, 0.25) is 10.0 Å². The second-order valence-electron chi connectivity index (χ2n) is 10.5. The smallest absolute Gasteiger partial charge is 0.416 e. The molecule has 1 aliphatic heterocycles. The van der Waals surface area contributed by atoms with E-state index in [1.807, 2.05) is 6.92 Å². The van der Waals surface area contributed by atoms with Crippen molar-refractivity contribution < 1.29 is 35.9 Å². The van der Waals surface area contributed by atoms with Gasteiger partial charge in [-0.15, -0.1) is 5.10 Å². The summed E-state index contributed by atoms with van der Waals surface area (Å²) in [6, 6.07) is 13.3. The van der Waals surface area contributed by atoms with Gasteiger partial charge >= 0.3 is 12.1 Å². The highest BCUT2D eigenvalue weighted by Gasteiger charge is 2.38. The Morgan fingerprint density at radius 1 is 1.16 bits per heavy atom. The van der Waals surface area contributed by atoms with E-state index in [-0.39, 0.29) is 35.8 Å². The maximum Gasteiger partial charge on any atom is 0.416 e. The van der Waals surface area contributed by atoms with Crippen molar-refractivity contribution in [3.05, 3.63) is 82.4 Å². The number of carbonyl (C=O) groups is 1. The third-order valence-electron chi connectivity index (χ3n) is 7.57. The first-order chi connectivity index (χ1) is 20.3. The number of para-hydroxylation sites is 1. The lowest BCUT2D eigenvalue weighted by molar-refractivity contribution is -0.143. The van der Waals surface area contributed by atoms with Crippen molar-refractivity contribution in [1.82, 2.24) is 19.3 Å². The number of sulfonamides is 1. The molecule has 0 bridgehead atoms. The topological polar surface area (TPSA) is 104 Å². The number of fused-ring (bicyclic) bond motifs is 2. The zero-order chi connectivity index (χ0) is 31.1. The van der Waals surface area contributed by atoms with E-state index in [9.17, 15) is 26.4 Å². The summed E-state index contributed by atoms with van der Waals surface area (Å²) in [5.41, 5.74) is 1.95. The van der Waals surface area contributed by atoms with Crippen molar-refractivity contribution in [2.24, 2.45) is 7.05 Å². The van der Waals surface area contributed by atoms with Crippen molar-refractivity contribution in [1.29, 1.82) is 0 Å². The standard InChI is InChI=1S/C30H31F3N4O5S/c1-5-41-28(38)15-23(22-11-13-25-29(19(22)3)34-35-36(25)4)20-10-12-24(30(31,32)33)21(14-20)17-37-16-18(2)42-26-8-6-7-9-27(26)43(37,39)40/h6-14,18,23H,5,15-17H2,1-4H3/t18-,23?/m1/s1. The quantitative estimate of drug-likeness (QED) is 0.258. The molecule has 4 aromatic rings. The Morgan fingerprint density at radius 3 is 2.63 bits per heavy atom. The minimum Gasteiger partial charge on any atom is -0.488 e. The molecule has 3 aromatic carbocycles. The first-order valence-corrected chi connectivity index (χ1v) is 15.2. The minimum atomic E-state index is -4.76. The molecule has 2 atom stereocenters. The van der Waals surface area contributed by atoms with Crippen LogP contribution in [0.1, 0.15) is 54.0 Å². The largest absolute Gasteiger partial charge is 0.488 e. The summed E-state index contributed by atoms with van der Waals surface area (Å²) in [7, 11) is -2.46. The summed E-state index contributed by atoms with van der Waals surface area (Å²) >= 11 is 0. The summed E-state index contributed by atoms with van der Waals surface area (Å²) in [6.45, 7) is 4.57. The predicted molar refractivity (Wildman–Crippen MR) is 152 cm³/mol. The Hall–Kier alpha value is -3.97. The Morgan fingerprint density at radius 2 is 1.91 bits per heavy atom.